The molecule has 0 atom stereocenters. The van der Waals surface area contributed by atoms with Gasteiger partial charge in [0.25, 0.3) is 5.91 Å². The van der Waals surface area contributed by atoms with Gasteiger partial charge < -0.3 is 19.1 Å². The molecule has 6 heteroatoms. The van der Waals surface area contributed by atoms with E-state index in [0.29, 0.717) is 25.3 Å². The smallest absolute Gasteiger partial charge is 0.254 e. The highest BCUT2D eigenvalue weighted by Crippen LogP contribution is 2.34. The van der Waals surface area contributed by atoms with Crippen LogP contribution in [0.15, 0.2) is 59.1 Å². The monoisotopic (exact) mass is 433 g/mol. The second kappa shape index (κ2) is 10.5. The minimum atomic E-state index is -0.0214. The lowest BCUT2D eigenvalue weighted by molar-refractivity contribution is 0.0680. The normalized spacial score (nSPS) is 13.9. The number of hydrogen-bond acceptors (Lipinski definition) is 5. The van der Waals surface area contributed by atoms with Crippen LogP contribution in [0.4, 0.5) is 5.88 Å². The van der Waals surface area contributed by atoms with Gasteiger partial charge in [-0.15, -0.1) is 0 Å². The van der Waals surface area contributed by atoms with Gasteiger partial charge >= 0.3 is 0 Å². The molecule has 1 aromatic heterocycles. The lowest BCUT2D eigenvalue weighted by atomic mass is 10.0. The van der Waals surface area contributed by atoms with Crippen LogP contribution in [0, 0.1) is 6.92 Å². The van der Waals surface area contributed by atoms with Crippen molar-refractivity contribution in [3.8, 4) is 11.3 Å². The van der Waals surface area contributed by atoms with Gasteiger partial charge in [-0.3, -0.25) is 4.79 Å². The molecule has 0 unspecified atom stereocenters. The number of methoxy groups -OCH3 is 1. The molecule has 3 aromatic rings. The summed E-state index contributed by atoms with van der Waals surface area (Å²) >= 11 is 0. The molecule has 168 valence electrons. The highest BCUT2D eigenvalue weighted by Gasteiger charge is 2.27. The fourth-order valence-corrected chi connectivity index (χ4v) is 4.13. The predicted molar refractivity (Wildman–Crippen MR) is 126 cm³/mol. The van der Waals surface area contributed by atoms with Crippen molar-refractivity contribution in [2.45, 2.75) is 32.7 Å². The molecule has 1 amide bonds. The van der Waals surface area contributed by atoms with E-state index < -0.39 is 0 Å². The van der Waals surface area contributed by atoms with Crippen LogP contribution in [0.1, 0.15) is 40.7 Å². The molecule has 0 radical (unpaired) electrons. The lowest BCUT2D eigenvalue weighted by Gasteiger charge is -2.28. The average molecular weight is 434 g/mol. The van der Waals surface area contributed by atoms with Crippen molar-refractivity contribution >= 4 is 11.8 Å². The van der Waals surface area contributed by atoms with Crippen LogP contribution in [-0.2, 0) is 11.3 Å². The van der Waals surface area contributed by atoms with Crippen molar-refractivity contribution in [1.82, 2.24) is 10.1 Å². The molecule has 1 aliphatic rings. The van der Waals surface area contributed by atoms with E-state index in [1.165, 1.54) is 6.42 Å². The summed E-state index contributed by atoms with van der Waals surface area (Å²) in [6, 6.07) is 17.7. The number of carbonyl (C=O) groups excluding carboxylic acids is 1. The zero-order valence-electron chi connectivity index (χ0n) is 18.9. The Kier molecular flexibility index (Phi) is 7.22. The molecule has 0 bridgehead atoms. The minimum absolute atomic E-state index is 0.0214. The fraction of sp³-hybridized carbons (Fsp3) is 0.385. The van der Waals surface area contributed by atoms with Crippen molar-refractivity contribution < 1.29 is 14.1 Å². The zero-order valence-corrected chi connectivity index (χ0v) is 18.9. The molecule has 0 spiro atoms. The van der Waals surface area contributed by atoms with Gasteiger partial charge in [0.2, 0.25) is 5.88 Å². The number of hydrogen-bond donors (Lipinski definition) is 0. The first kappa shape index (κ1) is 22.1. The molecular weight excluding hydrogens is 402 g/mol. The Hall–Kier alpha value is -3.12. The van der Waals surface area contributed by atoms with Gasteiger partial charge in [-0.1, -0.05) is 53.2 Å². The van der Waals surface area contributed by atoms with Crippen LogP contribution in [-0.4, -0.2) is 49.3 Å². The van der Waals surface area contributed by atoms with E-state index in [4.69, 9.17) is 9.26 Å². The number of piperidine rings is 1. The van der Waals surface area contributed by atoms with Crippen molar-refractivity contribution in [1.29, 1.82) is 0 Å². The predicted octanol–water partition coefficient (Wildman–Crippen LogP) is 4.93. The highest BCUT2D eigenvalue weighted by atomic mass is 16.5. The second-order valence-electron chi connectivity index (χ2n) is 8.31. The molecule has 1 fully saturated rings. The fourth-order valence-electron chi connectivity index (χ4n) is 4.13. The standard InChI is InChI=1S/C26H31N3O3/c1-20-11-13-22(14-12-20)25(30)29(17-18-31-2)19-23-24(21-9-5-3-6-10-21)27-32-26(23)28-15-7-4-8-16-28/h3,5-6,9-14H,4,7-8,15-19H2,1-2H3. The highest BCUT2D eigenvalue weighted by molar-refractivity contribution is 5.94. The van der Waals surface area contributed by atoms with E-state index in [0.717, 1.165) is 54.2 Å². The largest absolute Gasteiger partial charge is 0.383 e. The van der Waals surface area contributed by atoms with Crippen LogP contribution in [0.2, 0.25) is 0 Å². The third-order valence-corrected chi connectivity index (χ3v) is 5.96. The van der Waals surface area contributed by atoms with Crippen LogP contribution in [0.25, 0.3) is 11.3 Å². The Labute approximate surface area is 189 Å². The zero-order chi connectivity index (χ0) is 22.3. The third-order valence-electron chi connectivity index (χ3n) is 5.96. The number of amides is 1. The number of benzene rings is 2. The molecule has 2 heterocycles. The van der Waals surface area contributed by atoms with Crippen LogP contribution in [0.5, 0.6) is 0 Å². The Morgan fingerprint density at radius 3 is 2.47 bits per heavy atom. The van der Waals surface area contributed by atoms with Crippen molar-refractivity contribution in [3.63, 3.8) is 0 Å². The summed E-state index contributed by atoms with van der Waals surface area (Å²) < 4.78 is 11.2. The number of ether oxygens (including phenoxy) is 1. The molecule has 4 rings (SSSR count). The minimum Gasteiger partial charge on any atom is -0.383 e. The van der Waals surface area contributed by atoms with Gasteiger partial charge in [-0.2, -0.15) is 0 Å². The maximum atomic E-state index is 13.4. The molecule has 0 aliphatic carbocycles. The SMILES string of the molecule is COCCN(Cc1c(-c2ccccc2)noc1N1CCCCC1)C(=O)c1ccc(C)cc1. The Balaban J connectivity index is 1.70. The van der Waals surface area contributed by atoms with Gasteiger partial charge in [-0.25, -0.2) is 0 Å². The van der Waals surface area contributed by atoms with E-state index in [1.807, 2.05) is 66.4 Å². The van der Waals surface area contributed by atoms with Crippen molar-refractivity contribution in [2.75, 3.05) is 38.3 Å². The molecule has 1 aliphatic heterocycles. The van der Waals surface area contributed by atoms with Gasteiger partial charge in [0, 0.05) is 37.9 Å². The molecule has 2 aromatic carbocycles. The maximum absolute atomic E-state index is 13.4. The molecular formula is C26H31N3O3. The number of aromatic nitrogens is 1. The average Bonchev–Trinajstić information content (AvgIpc) is 3.26. The van der Waals surface area contributed by atoms with Crippen LogP contribution >= 0.6 is 0 Å². The van der Waals surface area contributed by atoms with Crippen LogP contribution in [0.3, 0.4) is 0 Å². The molecule has 0 saturated carbocycles. The first-order chi connectivity index (χ1) is 15.7. The van der Waals surface area contributed by atoms with Crippen molar-refractivity contribution in [3.05, 3.63) is 71.3 Å². The first-order valence-corrected chi connectivity index (χ1v) is 11.3. The Morgan fingerprint density at radius 2 is 1.78 bits per heavy atom. The Morgan fingerprint density at radius 1 is 1.06 bits per heavy atom. The van der Waals surface area contributed by atoms with Crippen molar-refractivity contribution in [2.24, 2.45) is 0 Å². The summed E-state index contributed by atoms with van der Waals surface area (Å²) in [4.78, 5) is 17.5. The van der Waals surface area contributed by atoms with E-state index in [2.05, 4.69) is 10.1 Å². The summed E-state index contributed by atoms with van der Waals surface area (Å²) in [5.41, 5.74) is 4.54. The summed E-state index contributed by atoms with van der Waals surface area (Å²) in [6.45, 7) is 5.27. The van der Waals surface area contributed by atoms with E-state index in [9.17, 15) is 4.79 Å². The van der Waals surface area contributed by atoms with E-state index in [-0.39, 0.29) is 5.91 Å². The molecule has 0 N–H and O–H groups in total. The summed E-state index contributed by atoms with van der Waals surface area (Å²) in [5, 5.41) is 4.45. The summed E-state index contributed by atoms with van der Waals surface area (Å²) in [7, 11) is 1.66. The number of anilines is 1. The van der Waals surface area contributed by atoms with E-state index in [1.54, 1.807) is 7.11 Å². The molecule has 32 heavy (non-hydrogen) atoms. The van der Waals surface area contributed by atoms with Crippen LogP contribution < -0.4 is 4.90 Å². The number of aryl methyl sites for hydroxylation is 1. The van der Waals surface area contributed by atoms with Gasteiger partial charge in [0.15, 0.2) is 0 Å². The second-order valence-corrected chi connectivity index (χ2v) is 8.31. The first-order valence-electron chi connectivity index (χ1n) is 11.3. The topological polar surface area (TPSA) is 58.8 Å². The number of rotatable bonds is 8. The van der Waals surface area contributed by atoms with Gasteiger partial charge in [0.1, 0.15) is 5.69 Å². The van der Waals surface area contributed by atoms with Gasteiger partial charge in [0.05, 0.1) is 18.7 Å². The van der Waals surface area contributed by atoms with Gasteiger partial charge in [-0.05, 0) is 38.3 Å². The third kappa shape index (κ3) is 5.02. The summed E-state index contributed by atoms with van der Waals surface area (Å²) in [5.74, 6) is 0.759. The summed E-state index contributed by atoms with van der Waals surface area (Å²) in [6.07, 6.45) is 3.50. The number of carbonyl (C=O) groups is 1. The quantitative estimate of drug-likeness (QED) is 0.504. The maximum Gasteiger partial charge on any atom is 0.254 e. The lowest BCUT2D eigenvalue weighted by Crippen LogP contribution is -2.35. The van der Waals surface area contributed by atoms with E-state index >= 15 is 0 Å². The molecule has 6 nitrogen and oxygen atoms in total. The Bertz CT molecular complexity index is 1010. The number of nitrogens with zero attached hydrogens (tertiary/aromatic N) is 3. The molecule has 1 saturated heterocycles.